The highest BCUT2D eigenvalue weighted by Crippen LogP contribution is 2.27. The molecule has 3 aromatic rings. The number of halogens is 1. The molecule has 5 rings (SSSR count). The van der Waals surface area contributed by atoms with Gasteiger partial charge in [-0.25, -0.2) is 4.98 Å². The van der Waals surface area contributed by atoms with Crippen molar-refractivity contribution in [2.75, 3.05) is 12.3 Å². The van der Waals surface area contributed by atoms with Gasteiger partial charge in [-0.05, 0) is 48.4 Å². The SMILES string of the molecule is O=C(N[C@H]1C[C@H]2C(=O)N[C@@H](CSCc3ccccc3)C(=O)N2C1)c1cccnc1Oc1ccc(Cl)cc1. The minimum atomic E-state index is -0.591. The number of carbonyl (C=O) groups is 3. The molecule has 2 N–H and O–H groups in total. The lowest BCUT2D eigenvalue weighted by molar-refractivity contribution is -0.146. The number of aromatic nitrogens is 1. The Bertz CT molecular complexity index is 1290. The molecule has 10 heteroatoms. The number of thioether (sulfide) groups is 1. The van der Waals surface area contributed by atoms with Gasteiger partial charge < -0.3 is 20.3 Å². The zero-order chi connectivity index (χ0) is 25.8. The first-order valence-electron chi connectivity index (χ1n) is 11.9. The summed E-state index contributed by atoms with van der Waals surface area (Å²) in [5, 5.41) is 6.38. The van der Waals surface area contributed by atoms with Crippen LogP contribution in [-0.4, -0.2) is 58.0 Å². The van der Waals surface area contributed by atoms with E-state index in [9.17, 15) is 14.4 Å². The topological polar surface area (TPSA) is 101 Å². The van der Waals surface area contributed by atoms with E-state index in [2.05, 4.69) is 15.6 Å². The molecule has 0 bridgehead atoms. The van der Waals surface area contributed by atoms with Crippen molar-refractivity contribution in [1.29, 1.82) is 0 Å². The van der Waals surface area contributed by atoms with Crippen LogP contribution in [0.2, 0.25) is 5.02 Å². The Balaban J connectivity index is 1.20. The zero-order valence-corrected chi connectivity index (χ0v) is 21.4. The molecule has 2 saturated heterocycles. The third-order valence-corrected chi connectivity index (χ3v) is 7.64. The summed E-state index contributed by atoms with van der Waals surface area (Å²) in [5.41, 5.74) is 1.42. The molecule has 2 aliphatic heterocycles. The van der Waals surface area contributed by atoms with Gasteiger partial charge in [0.25, 0.3) is 5.91 Å². The van der Waals surface area contributed by atoms with Crippen LogP contribution in [-0.2, 0) is 15.3 Å². The number of amides is 3. The lowest BCUT2D eigenvalue weighted by Crippen LogP contribution is -2.61. The van der Waals surface area contributed by atoms with Gasteiger partial charge in [0.1, 0.15) is 23.4 Å². The molecule has 0 spiro atoms. The number of pyridine rings is 1. The molecule has 3 heterocycles. The first-order chi connectivity index (χ1) is 18.0. The maximum Gasteiger partial charge on any atom is 0.257 e. The fraction of sp³-hybridized carbons (Fsp3) is 0.259. The molecule has 37 heavy (non-hydrogen) atoms. The minimum absolute atomic E-state index is 0.116. The van der Waals surface area contributed by atoms with Crippen LogP contribution in [0, 0.1) is 0 Å². The first-order valence-corrected chi connectivity index (χ1v) is 13.4. The maximum atomic E-state index is 13.1. The van der Waals surface area contributed by atoms with Crippen LogP contribution in [0.15, 0.2) is 72.9 Å². The summed E-state index contributed by atoms with van der Waals surface area (Å²) in [6.07, 6.45) is 1.89. The van der Waals surface area contributed by atoms with Crippen molar-refractivity contribution in [2.45, 2.75) is 30.3 Å². The van der Waals surface area contributed by atoms with E-state index in [1.807, 2.05) is 30.3 Å². The number of hydrogen-bond acceptors (Lipinski definition) is 6. The Kier molecular flexibility index (Phi) is 7.62. The molecule has 3 atom stereocenters. The molecular formula is C27H25ClN4O4S. The Morgan fingerprint density at radius 2 is 1.89 bits per heavy atom. The summed E-state index contributed by atoms with van der Waals surface area (Å²) in [6.45, 7) is 0.274. The molecule has 190 valence electrons. The average Bonchev–Trinajstić information content (AvgIpc) is 3.34. The van der Waals surface area contributed by atoms with E-state index >= 15 is 0 Å². The average molecular weight is 537 g/mol. The van der Waals surface area contributed by atoms with Crippen LogP contribution in [0.3, 0.4) is 0 Å². The van der Waals surface area contributed by atoms with E-state index in [0.717, 1.165) is 5.75 Å². The Morgan fingerprint density at radius 1 is 1.11 bits per heavy atom. The van der Waals surface area contributed by atoms with Gasteiger partial charge in [0.2, 0.25) is 17.7 Å². The normalized spacial score (nSPS) is 20.8. The van der Waals surface area contributed by atoms with E-state index < -0.39 is 12.1 Å². The number of fused-ring (bicyclic) bond motifs is 1. The quantitative estimate of drug-likeness (QED) is 0.456. The molecule has 0 radical (unpaired) electrons. The number of rotatable bonds is 8. The highest BCUT2D eigenvalue weighted by Gasteiger charge is 2.46. The highest BCUT2D eigenvalue weighted by molar-refractivity contribution is 7.98. The minimum Gasteiger partial charge on any atom is -0.438 e. The summed E-state index contributed by atoms with van der Waals surface area (Å²) in [5.74, 6) is 1.21. The Labute approximate surface area is 223 Å². The van der Waals surface area contributed by atoms with Gasteiger partial charge in [-0.15, -0.1) is 0 Å². The largest absolute Gasteiger partial charge is 0.438 e. The summed E-state index contributed by atoms with van der Waals surface area (Å²) in [7, 11) is 0. The lowest BCUT2D eigenvalue weighted by atomic mass is 10.1. The predicted molar refractivity (Wildman–Crippen MR) is 142 cm³/mol. The van der Waals surface area contributed by atoms with E-state index in [-0.39, 0.29) is 41.8 Å². The molecule has 2 aromatic carbocycles. The molecule has 0 saturated carbocycles. The van der Waals surface area contributed by atoms with Crippen molar-refractivity contribution in [2.24, 2.45) is 0 Å². The second kappa shape index (κ2) is 11.2. The smallest absolute Gasteiger partial charge is 0.257 e. The van der Waals surface area contributed by atoms with Crippen molar-refractivity contribution in [3.63, 3.8) is 0 Å². The van der Waals surface area contributed by atoms with E-state index in [4.69, 9.17) is 16.3 Å². The number of carbonyl (C=O) groups excluding carboxylic acids is 3. The monoisotopic (exact) mass is 536 g/mol. The summed E-state index contributed by atoms with van der Waals surface area (Å²) in [6, 6.07) is 18.5. The van der Waals surface area contributed by atoms with E-state index in [0.29, 0.717) is 22.9 Å². The van der Waals surface area contributed by atoms with E-state index in [1.54, 1.807) is 53.1 Å². The highest BCUT2D eigenvalue weighted by atomic mass is 35.5. The molecular weight excluding hydrogens is 512 g/mol. The van der Waals surface area contributed by atoms with Crippen molar-refractivity contribution in [3.05, 3.63) is 89.1 Å². The van der Waals surface area contributed by atoms with Crippen molar-refractivity contribution >= 4 is 41.1 Å². The molecule has 1 aromatic heterocycles. The number of nitrogens with zero attached hydrogens (tertiary/aromatic N) is 2. The van der Waals surface area contributed by atoms with Gasteiger partial charge in [0, 0.05) is 35.3 Å². The van der Waals surface area contributed by atoms with Crippen LogP contribution in [0.5, 0.6) is 11.6 Å². The van der Waals surface area contributed by atoms with Gasteiger partial charge in [0.15, 0.2) is 0 Å². The third kappa shape index (κ3) is 5.89. The number of piperazine rings is 1. The molecule has 3 amide bonds. The zero-order valence-electron chi connectivity index (χ0n) is 19.8. The van der Waals surface area contributed by atoms with Crippen molar-refractivity contribution < 1.29 is 19.1 Å². The second-order valence-corrected chi connectivity index (χ2v) is 10.4. The van der Waals surface area contributed by atoms with E-state index in [1.165, 1.54) is 11.8 Å². The van der Waals surface area contributed by atoms with Crippen LogP contribution >= 0.6 is 23.4 Å². The van der Waals surface area contributed by atoms with Crippen LogP contribution in [0.25, 0.3) is 0 Å². The fourth-order valence-corrected chi connectivity index (χ4v) is 5.60. The number of nitrogens with one attached hydrogen (secondary N) is 2. The van der Waals surface area contributed by atoms with Crippen LogP contribution in [0.1, 0.15) is 22.3 Å². The number of hydrogen-bond donors (Lipinski definition) is 2. The first kappa shape index (κ1) is 25.1. The van der Waals surface area contributed by atoms with Crippen LogP contribution < -0.4 is 15.4 Å². The van der Waals surface area contributed by atoms with Gasteiger partial charge in [-0.1, -0.05) is 41.9 Å². The van der Waals surface area contributed by atoms with Gasteiger partial charge in [0.05, 0.1) is 0 Å². The predicted octanol–water partition coefficient (Wildman–Crippen LogP) is 3.66. The standard InChI is InChI=1S/C27H25ClN4O4S/c28-18-8-10-20(11-9-18)36-26-21(7-4-12-29-26)24(33)30-19-13-23-25(34)31-22(27(35)32(23)14-19)16-37-15-17-5-2-1-3-6-17/h1-12,19,22-23H,13-16H2,(H,30,33)(H,31,34)/t19-,22-,23-/m0/s1. The maximum absolute atomic E-state index is 13.1. The Morgan fingerprint density at radius 3 is 2.68 bits per heavy atom. The number of benzene rings is 2. The molecule has 0 aliphatic carbocycles. The van der Waals surface area contributed by atoms with Crippen molar-refractivity contribution in [1.82, 2.24) is 20.5 Å². The summed E-state index contributed by atoms with van der Waals surface area (Å²) < 4.78 is 5.80. The lowest BCUT2D eigenvalue weighted by Gasteiger charge is -2.34. The van der Waals surface area contributed by atoms with Crippen LogP contribution in [0.4, 0.5) is 0 Å². The summed E-state index contributed by atoms with van der Waals surface area (Å²) >= 11 is 7.53. The molecule has 2 fully saturated rings. The third-order valence-electron chi connectivity index (χ3n) is 6.28. The van der Waals surface area contributed by atoms with Gasteiger partial charge in [-0.2, -0.15) is 11.8 Å². The van der Waals surface area contributed by atoms with Gasteiger partial charge in [-0.3, -0.25) is 14.4 Å². The Hall–Kier alpha value is -3.56. The summed E-state index contributed by atoms with van der Waals surface area (Å²) in [4.78, 5) is 44.8. The second-order valence-electron chi connectivity index (χ2n) is 8.89. The molecule has 8 nitrogen and oxygen atoms in total. The molecule has 2 aliphatic rings. The van der Waals surface area contributed by atoms with Gasteiger partial charge >= 0.3 is 0 Å². The van der Waals surface area contributed by atoms with Crippen molar-refractivity contribution in [3.8, 4) is 11.6 Å². The fourth-order valence-electron chi connectivity index (χ4n) is 4.47. The number of ether oxygens (including phenoxy) is 1. The molecule has 0 unspecified atom stereocenters.